The molecular formula is C12H11NO4. The van der Waals surface area contributed by atoms with Crippen LogP contribution in [0.3, 0.4) is 0 Å². The molecule has 88 valence electrons. The Morgan fingerprint density at radius 2 is 2.00 bits per heavy atom. The van der Waals surface area contributed by atoms with Crippen molar-refractivity contribution in [3.63, 3.8) is 0 Å². The number of aromatic carboxylic acids is 1. The Hall–Kier alpha value is -2.14. The van der Waals surface area contributed by atoms with Gasteiger partial charge in [-0.3, -0.25) is 4.79 Å². The summed E-state index contributed by atoms with van der Waals surface area (Å²) in [7, 11) is 0. The van der Waals surface area contributed by atoms with Crippen molar-refractivity contribution >= 4 is 16.7 Å². The summed E-state index contributed by atoms with van der Waals surface area (Å²) < 4.78 is 1.36. The van der Waals surface area contributed by atoms with E-state index in [0.717, 1.165) is 0 Å². The van der Waals surface area contributed by atoms with Crippen molar-refractivity contribution in [1.82, 2.24) is 4.57 Å². The van der Waals surface area contributed by atoms with Gasteiger partial charge in [0.25, 0.3) is 5.56 Å². The number of aliphatic hydroxyl groups excluding tert-OH is 1. The van der Waals surface area contributed by atoms with Crippen LogP contribution in [0.15, 0.2) is 35.3 Å². The monoisotopic (exact) mass is 233 g/mol. The van der Waals surface area contributed by atoms with Crippen LogP contribution in [0.5, 0.6) is 0 Å². The number of nitrogens with zero attached hydrogens (tertiary/aromatic N) is 1. The van der Waals surface area contributed by atoms with E-state index in [4.69, 9.17) is 10.2 Å². The molecule has 0 aliphatic carbocycles. The molecular weight excluding hydrogens is 222 g/mol. The molecule has 1 aromatic heterocycles. The van der Waals surface area contributed by atoms with E-state index in [9.17, 15) is 9.59 Å². The maximum absolute atomic E-state index is 12.0. The van der Waals surface area contributed by atoms with Gasteiger partial charge in [0, 0.05) is 23.5 Å². The smallest absolute Gasteiger partial charge is 0.336 e. The lowest BCUT2D eigenvalue weighted by atomic mass is 10.1. The summed E-state index contributed by atoms with van der Waals surface area (Å²) >= 11 is 0. The van der Waals surface area contributed by atoms with Gasteiger partial charge in [-0.15, -0.1) is 0 Å². The Bertz CT molecular complexity index is 630. The van der Waals surface area contributed by atoms with Crippen molar-refractivity contribution in [1.29, 1.82) is 0 Å². The van der Waals surface area contributed by atoms with Gasteiger partial charge in [0.2, 0.25) is 0 Å². The zero-order valence-corrected chi connectivity index (χ0v) is 8.96. The molecule has 0 saturated carbocycles. The van der Waals surface area contributed by atoms with Crippen molar-refractivity contribution in [3.05, 3.63) is 46.4 Å². The number of pyridine rings is 1. The Morgan fingerprint density at radius 1 is 1.24 bits per heavy atom. The first kappa shape index (κ1) is 11.3. The summed E-state index contributed by atoms with van der Waals surface area (Å²) in [6.45, 7) is 0.0656. The highest BCUT2D eigenvalue weighted by Crippen LogP contribution is 2.15. The van der Waals surface area contributed by atoms with E-state index in [0.29, 0.717) is 10.8 Å². The van der Waals surface area contributed by atoms with Crippen LogP contribution in [0.25, 0.3) is 10.8 Å². The molecule has 0 radical (unpaired) electrons. The molecule has 17 heavy (non-hydrogen) atoms. The standard InChI is InChI=1S/C12H11NO4/c14-7-6-13-5-4-8-9(11(13)15)2-1-3-10(8)12(16)17/h1-5,14H,6-7H2,(H,16,17). The minimum Gasteiger partial charge on any atom is -0.478 e. The molecule has 0 bridgehead atoms. The summed E-state index contributed by atoms with van der Waals surface area (Å²) in [5.74, 6) is -1.06. The van der Waals surface area contributed by atoms with Crippen LogP contribution in [-0.2, 0) is 6.54 Å². The average molecular weight is 233 g/mol. The third kappa shape index (κ3) is 1.92. The molecule has 0 fully saturated rings. The van der Waals surface area contributed by atoms with E-state index in [2.05, 4.69) is 0 Å². The number of carboxylic acids is 1. The third-order valence-electron chi connectivity index (χ3n) is 2.59. The van der Waals surface area contributed by atoms with E-state index in [1.807, 2.05) is 0 Å². The van der Waals surface area contributed by atoms with Crippen molar-refractivity contribution in [2.24, 2.45) is 0 Å². The lowest BCUT2D eigenvalue weighted by Crippen LogP contribution is -2.21. The zero-order chi connectivity index (χ0) is 12.4. The molecule has 2 N–H and O–H groups in total. The molecule has 0 spiro atoms. The summed E-state index contributed by atoms with van der Waals surface area (Å²) in [6.07, 6.45) is 1.49. The van der Waals surface area contributed by atoms with E-state index in [1.54, 1.807) is 12.1 Å². The SMILES string of the molecule is O=C(O)c1cccc2c(=O)n(CCO)ccc12. The van der Waals surface area contributed by atoms with Crippen molar-refractivity contribution < 1.29 is 15.0 Å². The number of hydrogen-bond acceptors (Lipinski definition) is 3. The number of aliphatic hydroxyl groups is 1. The van der Waals surface area contributed by atoms with Gasteiger partial charge in [0.15, 0.2) is 0 Å². The number of carboxylic acid groups (broad SMARTS) is 1. The minimum absolute atomic E-state index is 0.107. The van der Waals surface area contributed by atoms with Crippen LogP contribution < -0.4 is 5.56 Å². The Kier molecular flexibility index (Phi) is 2.93. The fourth-order valence-electron chi connectivity index (χ4n) is 1.79. The molecule has 0 atom stereocenters. The molecule has 0 unspecified atom stereocenters. The molecule has 1 heterocycles. The van der Waals surface area contributed by atoms with Crippen molar-refractivity contribution in [2.75, 3.05) is 6.61 Å². The van der Waals surface area contributed by atoms with Crippen LogP contribution in [0, 0.1) is 0 Å². The van der Waals surface area contributed by atoms with Crippen molar-refractivity contribution in [3.8, 4) is 0 Å². The lowest BCUT2D eigenvalue weighted by Gasteiger charge is -2.06. The maximum Gasteiger partial charge on any atom is 0.336 e. The van der Waals surface area contributed by atoms with Gasteiger partial charge in [-0.25, -0.2) is 4.79 Å². The number of aromatic nitrogens is 1. The number of hydrogen-bond donors (Lipinski definition) is 2. The topological polar surface area (TPSA) is 79.5 Å². The van der Waals surface area contributed by atoms with E-state index >= 15 is 0 Å². The van der Waals surface area contributed by atoms with Gasteiger partial charge in [-0.2, -0.15) is 0 Å². The first-order valence-electron chi connectivity index (χ1n) is 5.11. The van der Waals surface area contributed by atoms with Gasteiger partial charge >= 0.3 is 5.97 Å². The van der Waals surface area contributed by atoms with Crippen LogP contribution >= 0.6 is 0 Å². The largest absolute Gasteiger partial charge is 0.478 e. The highest BCUT2D eigenvalue weighted by Gasteiger charge is 2.10. The van der Waals surface area contributed by atoms with Gasteiger partial charge < -0.3 is 14.8 Å². The maximum atomic E-state index is 12.0. The summed E-state index contributed by atoms with van der Waals surface area (Å²) in [5, 5.41) is 18.6. The molecule has 0 saturated heterocycles. The van der Waals surface area contributed by atoms with Gasteiger partial charge in [0.05, 0.1) is 12.2 Å². The highest BCUT2D eigenvalue weighted by atomic mass is 16.4. The Balaban J connectivity index is 2.76. The second kappa shape index (κ2) is 4.39. The quantitative estimate of drug-likeness (QED) is 0.817. The molecule has 0 aliphatic heterocycles. The first-order valence-corrected chi connectivity index (χ1v) is 5.11. The van der Waals surface area contributed by atoms with Gasteiger partial charge in [0.1, 0.15) is 0 Å². The molecule has 5 nitrogen and oxygen atoms in total. The van der Waals surface area contributed by atoms with Gasteiger partial charge in [-0.1, -0.05) is 6.07 Å². The predicted octanol–water partition coefficient (Wildman–Crippen LogP) is 0.692. The number of fused-ring (bicyclic) bond motifs is 1. The summed E-state index contributed by atoms with van der Waals surface area (Å²) in [5.41, 5.74) is -0.185. The Morgan fingerprint density at radius 3 is 2.65 bits per heavy atom. The highest BCUT2D eigenvalue weighted by molar-refractivity contribution is 6.03. The van der Waals surface area contributed by atoms with Crippen LogP contribution in [-0.4, -0.2) is 27.4 Å². The fourth-order valence-corrected chi connectivity index (χ4v) is 1.79. The van der Waals surface area contributed by atoms with E-state index in [1.165, 1.54) is 22.9 Å². The molecule has 0 amide bonds. The zero-order valence-electron chi connectivity index (χ0n) is 8.96. The third-order valence-corrected chi connectivity index (χ3v) is 2.59. The molecule has 2 aromatic rings. The van der Waals surface area contributed by atoms with Crippen molar-refractivity contribution in [2.45, 2.75) is 6.54 Å². The molecule has 0 aliphatic rings. The van der Waals surface area contributed by atoms with E-state index in [-0.39, 0.29) is 24.3 Å². The number of benzene rings is 1. The first-order chi connectivity index (χ1) is 8.15. The van der Waals surface area contributed by atoms with Crippen LogP contribution in [0.4, 0.5) is 0 Å². The predicted molar refractivity (Wildman–Crippen MR) is 62.3 cm³/mol. The lowest BCUT2D eigenvalue weighted by molar-refractivity contribution is 0.0699. The minimum atomic E-state index is -1.06. The normalized spacial score (nSPS) is 10.6. The number of carbonyl (C=O) groups is 1. The second-order valence-corrected chi connectivity index (χ2v) is 3.61. The van der Waals surface area contributed by atoms with E-state index < -0.39 is 5.97 Å². The molecule has 2 rings (SSSR count). The molecule has 5 heteroatoms. The average Bonchev–Trinajstić information content (AvgIpc) is 2.32. The van der Waals surface area contributed by atoms with Crippen LogP contribution in [0.1, 0.15) is 10.4 Å². The van der Waals surface area contributed by atoms with Gasteiger partial charge in [-0.05, 0) is 18.2 Å². The number of rotatable bonds is 3. The Labute approximate surface area is 96.5 Å². The second-order valence-electron chi connectivity index (χ2n) is 3.61. The fraction of sp³-hybridized carbons (Fsp3) is 0.167. The molecule has 1 aromatic carbocycles. The summed E-state index contributed by atoms with van der Waals surface area (Å²) in [6, 6.07) is 6.16. The summed E-state index contributed by atoms with van der Waals surface area (Å²) in [4.78, 5) is 22.9. The van der Waals surface area contributed by atoms with Crippen LogP contribution in [0.2, 0.25) is 0 Å².